The third kappa shape index (κ3) is 1.98. The first-order valence-electron chi connectivity index (χ1n) is 2.87. The molecule has 0 fully saturated rings. The molecule has 0 spiro atoms. The van der Waals surface area contributed by atoms with Gasteiger partial charge in [-0.25, -0.2) is 0 Å². The first kappa shape index (κ1) is 8.58. The fourth-order valence-electron chi connectivity index (χ4n) is 0.692. The molecule has 1 aromatic rings. The van der Waals surface area contributed by atoms with Crippen molar-refractivity contribution in [1.82, 2.24) is 0 Å². The van der Waals surface area contributed by atoms with Crippen LogP contribution in [0.3, 0.4) is 0 Å². The van der Waals surface area contributed by atoms with Crippen molar-refractivity contribution in [2.24, 2.45) is 0 Å². The zero-order chi connectivity index (χ0) is 7.56. The molecule has 1 aromatic carbocycles. The molecule has 0 saturated heterocycles. The van der Waals surface area contributed by atoms with Crippen LogP contribution in [0.15, 0.2) is 18.2 Å². The van der Waals surface area contributed by atoms with Crippen LogP contribution in [-0.4, -0.2) is 7.05 Å². The Kier molecular flexibility index (Phi) is 3.22. The maximum absolute atomic E-state index is 3.11. The average molecular weight is 359 g/mol. The van der Waals surface area contributed by atoms with Crippen molar-refractivity contribution in [2.75, 3.05) is 12.4 Å². The van der Waals surface area contributed by atoms with Gasteiger partial charge in [0.1, 0.15) is 0 Å². The van der Waals surface area contributed by atoms with E-state index >= 15 is 0 Å². The molecule has 0 aliphatic heterocycles. The number of hydrogen-bond acceptors (Lipinski definition) is 1. The minimum Gasteiger partial charge on any atom is -0.387 e. The molecular weight excluding hydrogens is 352 g/mol. The van der Waals surface area contributed by atoms with Crippen LogP contribution in [0.2, 0.25) is 0 Å². The largest absolute Gasteiger partial charge is 0.387 e. The first-order valence-corrected chi connectivity index (χ1v) is 5.02. The highest BCUT2D eigenvalue weighted by atomic mass is 127. The van der Waals surface area contributed by atoms with Crippen LogP contribution < -0.4 is 5.32 Å². The highest BCUT2D eigenvalue weighted by Crippen LogP contribution is 2.19. The molecule has 1 N–H and O–H groups in total. The Morgan fingerprint density at radius 3 is 2.50 bits per heavy atom. The fraction of sp³-hybridized carbons (Fsp3) is 0.143. The van der Waals surface area contributed by atoms with E-state index in [1.807, 2.05) is 7.05 Å². The van der Waals surface area contributed by atoms with Crippen LogP contribution in [0.1, 0.15) is 0 Å². The third-order valence-corrected chi connectivity index (χ3v) is 2.76. The monoisotopic (exact) mass is 359 g/mol. The molecule has 0 amide bonds. The minimum absolute atomic E-state index is 1.20. The maximum Gasteiger partial charge on any atom is 0.0474 e. The Balaban J connectivity index is 3.07. The summed E-state index contributed by atoms with van der Waals surface area (Å²) in [5, 5.41) is 3.11. The smallest absolute Gasteiger partial charge is 0.0474 e. The average Bonchev–Trinajstić information content (AvgIpc) is 1.88. The van der Waals surface area contributed by atoms with Gasteiger partial charge in [0, 0.05) is 19.9 Å². The van der Waals surface area contributed by atoms with Crippen molar-refractivity contribution < 1.29 is 0 Å². The molecule has 1 nitrogen and oxygen atoms in total. The van der Waals surface area contributed by atoms with E-state index in [0.29, 0.717) is 0 Å². The lowest BCUT2D eigenvalue weighted by Gasteiger charge is -2.02. The van der Waals surface area contributed by atoms with Crippen molar-refractivity contribution >= 4 is 50.9 Å². The number of rotatable bonds is 1. The van der Waals surface area contributed by atoms with Gasteiger partial charge in [0.2, 0.25) is 0 Å². The van der Waals surface area contributed by atoms with E-state index < -0.39 is 0 Å². The maximum atomic E-state index is 3.11. The van der Waals surface area contributed by atoms with Gasteiger partial charge in [-0.15, -0.1) is 0 Å². The number of anilines is 1. The Hall–Kier alpha value is 0.480. The molecule has 0 heterocycles. The summed E-state index contributed by atoms with van der Waals surface area (Å²) < 4.78 is 2.55. The van der Waals surface area contributed by atoms with Gasteiger partial charge in [-0.3, -0.25) is 0 Å². The molecule has 0 aliphatic rings. The standard InChI is InChI=1S/C7H7I2N/c1-10-7-3-2-5(8)4-6(7)9/h2-4,10H,1H3. The Labute approximate surface area is 87.9 Å². The highest BCUT2D eigenvalue weighted by Gasteiger charge is 1.95. The molecule has 0 atom stereocenters. The van der Waals surface area contributed by atoms with Crippen molar-refractivity contribution in [3.8, 4) is 0 Å². The van der Waals surface area contributed by atoms with Crippen LogP contribution in [0.25, 0.3) is 0 Å². The van der Waals surface area contributed by atoms with E-state index in [1.165, 1.54) is 12.8 Å². The second-order valence-corrected chi connectivity index (χ2v) is 4.28. The van der Waals surface area contributed by atoms with Gasteiger partial charge >= 0.3 is 0 Å². The summed E-state index contributed by atoms with van der Waals surface area (Å²) in [6, 6.07) is 6.32. The summed E-state index contributed by atoms with van der Waals surface area (Å²) in [7, 11) is 1.93. The van der Waals surface area contributed by atoms with Gasteiger partial charge in [0.25, 0.3) is 0 Å². The van der Waals surface area contributed by atoms with E-state index in [-0.39, 0.29) is 0 Å². The minimum atomic E-state index is 1.20. The van der Waals surface area contributed by atoms with Crippen molar-refractivity contribution in [3.05, 3.63) is 25.3 Å². The van der Waals surface area contributed by atoms with Crippen LogP contribution in [-0.2, 0) is 0 Å². The van der Waals surface area contributed by atoms with E-state index in [2.05, 4.69) is 68.7 Å². The molecule has 3 heteroatoms. The molecule has 0 aliphatic carbocycles. The van der Waals surface area contributed by atoms with Gasteiger partial charge in [-0.1, -0.05) is 0 Å². The number of halogens is 2. The van der Waals surface area contributed by atoms with E-state index in [4.69, 9.17) is 0 Å². The zero-order valence-electron chi connectivity index (χ0n) is 5.49. The Bertz CT molecular complexity index is 235. The fourth-order valence-corrected chi connectivity index (χ4v) is 2.56. The normalized spacial score (nSPS) is 9.50. The van der Waals surface area contributed by atoms with E-state index in [9.17, 15) is 0 Å². The van der Waals surface area contributed by atoms with E-state index in [0.717, 1.165) is 0 Å². The van der Waals surface area contributed by atoms with Gasteiger partial charge in [0.05, 0.1) is 0 Å². The lowest BCUT2D eigenvalue weighted by atomic mass is 10.3. The molecule has 0 bridgehead atoms. The zero-order valence-corrected chi connectivity index (χ0v) is 9.80. The SMILES string of the molecule is CNc1ccc(I)cc1I. The predicted octanol–water partition coefficient (Wildman–Crippen LogP) is 2.94. The number of nitrogens with one attached hydrogen (secondary N) is 1. The molecule has 10 heavy (non-hydrogen) atoms. The van der Waals surface area contributed by atoms with Gasteiger partial charge in [0.15, 0.2) is 0 Å². The van der Waals surface area contributed by atoms with Gasteiger partial charge < -0.3 is 5.32 Å². The summed E-state index contributed by atoms with van der Waals surface area (Å²) in [5.41, 5.74) is 1.20. The van der Waals surface area contributed by atoms with Crippen LogP contribution in [0, 0.1) is 7.14 Å². The Morgan fingerprint density at radius 2 is 2.00 bits per heavy atom. The van der Waals surface area contributed by atoms with Gasteiger partial charge in [-0.05, 0) is 63.4 Å². The number of hydrogen-bond donors (Lipinski definition) is 1. The summed E-state index contributed by atoms with van der Waals surface area (Å²) in [5.74, 6) is 0. The van der Waals surface area contributed by atoms with Crippen LogP contribution in [0.5, 0.6) is 0 Å². The quantitative estimate of drug-likeness (QED) is 0.761. The van der Waals surface area contributed by atoms with Gasteiger partial charge in [-0.2, -0.15) is 0 Å². The third-order valence-electron chi connectivity index (χ3n) is 1.20. The second kappa shape index (κ2) is 3.75. The Morgan fingerprint density at radius 1 is 1.30 bits per heavy atom. The molecule has 0 saturated carbocycles. The van der Waals surface area contributed by atoms with Crippen molar-refractivity contribution in [1.29, 1.82) is 0 Å². The van der Waals surface area contributed by atoms with E-state index in [1.54, 1.807) is 0 Å². The molecule has 0 radical (unpaired) electrons. The molecular formula is C7H7I2N. The molecule has 54 valence electrons. The highest BCUT2D eigenvalue weighted by molar-refractivity contribution is 14.1. The number of benzene rings is 1. The van der Waals surface area contributed by atoms with Crippen molar-refractivity contribution in [2.45, 2.75) is 0 Å². The summed E-state index contributed by atoms with van der Waals surface area (Å²) in [6.07, 6.45) is 0. The summed E-state index contributed by atoms with van der Waals surface area (Å²) in [6.45, 7) is 0. The van der Waals surface area contributed by atoms with Crippen LogP contribution in [0.4, 0.5) is 5.69 Å². The molecule has 1 rings (SSSR count). The predicted molar refractivity (Wildman–Crippen MR) is 61.4 cm³/mol. The second-order valence-electron chi connectivity index (χ2n) is 1.87. The lowest BCUT2D eigenvalue weighted by molar-refractivity contribution is 1.47. The molecule has 0 unspecified atom stereocenters. The topological polar surface area (TPSA) is 12.0 Å². The van der Waals surface area contributed by atoms with Crippen molar-refractivity contribution in [3.63, 3.8) is 0 Å². The lowest BCUT2D eigenvalue weighted by Crippen LogP contribution is -1.90. The summed E-state index contributed by atoms with van der Waals surface area (Å²) >= 11 is 4.62. The van der Waals surface area contributed by atoms with Crippen LogP contribution >= 0.6 is 45.2 Å². The molecule has 0 aromatic heterocycles. The first-order chi connectivity index (χ1) is 4.74. The summed E-state index contributed by atoms with van der Waals surface area (Å²) in [4.78, 5) is 0.